The minimum atomic E-state index is -0.446. The van der Waals surface area contributed by atoms with Crippen LogP contribution in [0, 0.1) is 19.7 Å². The Balaban J connectivity index is 2.18. The van der Waals surface area contributed by atoms with Gasteiger partial charge in [-0.15, -0.1) is 0 Å². The van der Waals surface area contributed by atoms with Crippen LogP contribution in [-0.2, 0) is 11.2 Å². The summed E-state index contributed by atoms with van der Waals surface area (Å²) in [5.41, 5.74) is 8.72. The van der Waals surface area contributed by atoms with Gasteiger partial charge >= 0.3 is 0 Å². The molecule has 0 aliphatic carbocycles. The van der Waals surface area contributed by atoms with E-state index in [2.05, 4.69) is 10.4 Å². The zero-order valence-electron chi connectivity index (χ0n) is 14.0. The number of aryl methyl sites for hydroxylation is 1. The Hall–Kier alpha value is -2.21. The second kappa shape index (κ2) is 6.50. The highest BCUT2D eigenvalue weighted by molar-refractivity contribution is 5.79. The van der Waals surface area contributed by atoms with Gasteiger partial charge in [0.2, 0.25) is 5.91 Å². The number of amides is 1. The van der Waals surface area contributed by atoms with E-state index in [9.17, 15) is 9.18 Å². The molecule has 0 radical (unpaired) electrons. The quantitative estimate of drug-likeness (QED) is 0.886. The zero-order chi connectivity index (χ0) is 17.2. The molecule has 2 aromatic rings. The zero-order valence-corrected chi connectivity index (χ0v) is 14.0. The van der Waals surface area contributed by atoms with Gasteiger partial charge in [-0.3, -0.25) is 4.79 Å². The molecule has 0 saturated heterocycles. The summed E-state index contributed by atoms with van der Waals surface area (Å²) in [6, 6.07) is 6.11. The number of carbonyl (C=O) groups is 1. The summed E-state index contributed by atoms with van der Waals surface area (Å²) in [5, 5.41) is 7.29. The number of hydrogen-bond acceptors (Lipinski definition) is 3. The minimum Gasteiger partial charge on any atom is -0.354 e. The molecule has 1 amide bonds. The van der Waals surface area contributed by atoms with Crippen molar-refractivity contribution in [2.45, 2.75) is 39.7 Å². The monoisotopic (exact) mass is 318 g/mol. The summed E-state index contributed by atoms with van der Waals surface area (Å²) in [6.45, 7) is 7.89. The van der Waals surface area contributed by atoms with E-state index in [1.807, 2.05) is 27.7 Å². The van der Waals surface area contributed by atoms with Crippen molar-refractivity contribution in [3.05, 3.63) is 47.0 Å². The van der Waals surface area contributed by atoms with Crippen LogP contribution in [0.25, 0.3) is 5.69 Å². The lowest BCUT2D eigenvalue weighted by molar-refractivity contribution is -0.120. The molecule has 1 heterocycles. The first-order valence-electron chi connectivity index (χ1n) is 7.54. The Morgan fingerprint density at radius 3 is 2.48 bits per heavy atom. The molecule has 0 spiro atoms. The predicted molar refractivity (Wildman–Crippen MR) is 88.0 cm³/mol. The molecule has 1 aromatic carbocycles. The molecule has 0 unspecified atom stereocenters. The maximum Gasteiger partial charge on any atom is 0.224 e. The summed E-state index contributed by atoms with van der Waals surface area (Å²) < 4.78 is 14.8. The first kappa shape index (κ1) is 17.1. The standard InChI is InChI=1S/C17H23FN4O/c1-11-15(9-16(23)20-10-17(3,4)19)12(2)22(21-11)14-7-5-13(18)6-8-14/h5-8H,9-10,19H2,1-4H3,(H,20,23). The van der Waals surface area contributed by atoms with Gasteiger partial charge < -0.3 is 11.1 Å². The van der Waals surface area contributed by atoms with E-state index in [-0.39, 0.29) is 18.1 Å². The SMILES string of the molecule is Cc1nn(-c2ccc(F)cc2)c(C)c1CC(=O)NCC(C)(C)N. The fourth-order valence-electron chi connectivity index (χ4n) is 2.31. The van der Waals surface area contributed by atoms with Gasteiger partial charge in [0, 0.05) is 23.3 Å². The average Bonchev–Trinajstić information content (AvgIpc) is 2.73. The van der Waals surface area contributed by atoms with Crippen molar-refractivity contribution in [3.8, 4) is 5.69 Å². The van der Waals surface area contributed by atoms with Crippen LogP contribution in [0.4, 0.5) is 4.39 Å². The Morgan fingerprint density at radius 1 is 1.30 bits per heavy atom. The molecule has 0 aliphatic rings. The molecular formula is C17H23FN4O. The Kier molecular flexibility index (Phi) is 4.85. The molecular weight excluding hydrogens is 295 g/mol. The Labute approximate surface area is 135 Å². The van der Waals surface area contributed by atoms with Gasteiger partial charge in [-0.05, 0) is 52.0 Å². The number of nitrogens with one attached hydrogen (secondary N) is 1. The van der Waals surface area contributed by atoms with Crippen molar-refractivity contribution in [2.75, 3.05) is 6.54 Å². The van der Waals surface area contributed by atoms with Crippen molar-refractivity contribution >= 4 is 5.91 Å². The first-order chi connectivity index (χ1) is 10.7. The van der Waals surface area contributed by atoms with Crippen molar-refractivity contribution in [2.24, 2.45) is 5.73 Å². The molecule has 2 rings (SSSR count). The number of hydrogen-bond donors (Lipinski definition) is 2. The highest BCUT2D eigenvalue weighted by atomic mass is 19.1. The maximum absolute atomic E-state index is 13.0. The van der Waals surface area contributed by atoms with Crippen molar-refractivity contribution < 1.29 is 9.18 Å². The van der Waals surface area contributed by atoms with Crippen LogP contribution in [0.3, 0.4) is 0 Å². The number of benzene rings is 1. The van der Waals surface area contributed by atoms with Crippen LogP contribution in [0.5, 0.6) is 0 Å². The molecule has 124 valence electrons. The largest absolute Gasteiger partial charge is 0.354 e. The summed E-state index contributed by atoms with van der Waals surface area (Å²) in [5.74, 6) is -0.382. The molecule has 23 heavy (non-hydrogen) atoms. The molecule has 3 N–H and O–H groups in total. The Morgan fingerprint density at radius 2 is 1.91 bits per heavy atom. The van der Waals surface area contributed by atoms with Crippen LogP contribution >= 0.6 is 0 Å². The van der Waals surface area contributed by atoms with Crippen LogP contribution in [-0.4, -0.2) is 27.8 Å². The first-order valence-corrected chi connectivity index (χ1v) is 7.54. The number of rotatable bonds is 5. The van der Waals surface area contributed by atoms with Crippen LogP contribution in [0.2, 0.25) is 0 Å². The summed E-state index contributed by atoms with van der Waals surface area (Å²) in [4.78, 5) is 12.1. The number of halogens is 1. The molecule has 0 aliphatic heterocycles. The fraction of sp³-hybridized carbons (Fsp3) is 0.412. The van der Waals surface area contributed by atoms with Crippen LogP contribution in [0.15, 0.2) is 24.3 Å². The van der Waals surface area contributed by atoms with Gasteiger partial charge in [0.1, 0.15) is 5.82 Å². The predicted octanol–water partition coefficient (Wildman–Crippen LogP) is 2.02. The fourth-order valence-corrected chi connectivity index (χ4v) is 2.31. The maximum atomic E-state index is 13.0. The minimum absolute atomic E-state index is 0.0895. The molecule has 0 bridgehead atoms. The molecule has 0 fully saturated rings. The van der Waals surface area contributed by atoms with Crippen molar-refractivity contribution in [1.82, 2.24) is 15.1 Å². The topological polar surface area (TPSA) is 72.9 Å². The van der Waals surface area contributed by atoms with E-state index in [1.165, 1.54) is 12.1 Å². The Bertz CT molecular complexity index is 699. The highest BCUT2D eigenvalue weighted by Gasteiger charge is 2.17. The molecule has 1 aromatic heterocycles. The van der Waals surface area contributed by atoms with Crippen molar-refractivity contribution in [1.29, 1.82) is 0 Å². The number of carbonyl (C=O) groups excluding carboxylic acids is 1. The lowest BCUT2D eigenvalue weighted by Gasteiger charge is -2.18. The summed E-state index contributed by atoms with van der Waals surface area (Å²) in [7, 11) is 0. The molecule has 5 nitrogen and oxygen atoms in total. The number of aromatic nitrogens is 2. The van der Waals surface area contributed by atoms with Gasteiger partial charge in [-0.1, -0.05) is 0 Å². The van der Waals surface area contributed by atoms with Gasteiger partial charge in [0.05, 0.1) is 17.8 Å². The number of nitrogens with two attached hydrogens (primary N) is 1. The van der Waals surface area contributed by atoms with Gasteiger partial charge in [-0.2, -0.15) is 5.10 Å². The average molecular weight is 318 g/mol. The van der Waals surface area contributed by atoms with Gasteiger partial charge in [-0.25, -0.2) is 9.07 Å². The second-order valence-corrected chi connectivity index (χ2v) is 6.48. The smallest absolute Gasteiger partial charge is 0.224 e. The van der Waals surface area contributed by atoms with E-state index < -0.39 is 5.54 Å². The molecule has 0 saturated carbocycles. The van der Waals surface area contributed by atoms with Crippen LogP contribution < -0.4 is 11.1 Å². The van der Waals surface area contributed by atoms with E-state index in [0.29, 0.717) is 6.54 Å². The molecule has 6 heteroatoms. The van der Waals surface area contributed by atoms with Crippen LogP contribution in [0.1, 0.15) is 30.8 Å². The number of nitrogens with zero attached hydrogens (tertiary/aromatic N) is 2. The van der Waals surface area contributed by atoms with E-state index in [4.69, 9.17) is 5.73 Å². The normalized spacial score (nSPS) is 11.6. The molecule has 0 atom stereocenters. The lowest BCUT2D eigenvalue weighted by atomic mass is 10.1. The van der Waals surface area contributed by atoms with E-state index in [0.717, 1.165) is 22.6 Å². The van der Waals surface area contributed by atoms with Gasteiger partial charge in [0.25, 0.3) is 0 Å². The third-order valence-electron chi connectivity index (χ3n) is 3.59. The highest BCUT2D eigenvalue weighted by Crippen LogP contribution is 2.18. The third kappa shape index (κ3) is 4.39. The van der Waals surface area contributed by atoms with E-state index in [1.54, 1.807) is 16.8 Å². The van der Waals surface area contributed by atoms with E-state index >= 15 is 0 Å². The third-order valence-corrected chi connectivity index (χ3v) is 3.59. The summed E-state index contributed by atoms with van der Waals surface area (Å²) >= 11 is 0. The van der Waals surface area contributed by atoms with Crippen molar-refractivity contribution in [3.63, 3.8) is 0 Å². The second-order valence-electron chi connectivity index (χ2n) is 6.48. The lowest BCUT2D eigenvalue weighted by Crippen LogP contribution is -2.45. The summed E-state index contributed by atoms with van der Waals surface area (Å²) in [6.07, 6.45) is 0.245. The van der Waals surface area contributed by atoms with Gasteiger partial charge in [0.15, 0.2) is 0 Å².